The van der Waals surface area contributed by atoms with Gasteiger partial charge in [-0.3, -0.25) is 19.2 Å². The molecule has 1 aromatic carbocycles. The predicted octanol–water partition coefficient (Wildman–Crippen LogP) is -0.255. The van der Waals surface area contributed by atoms with E-state index in [-0.39, 0.29) is 43.3 Å². The maximum atomic E-state index is 13.7. The summed E-state index contributed by atoms with van der Waals surface area (Å²) in [6, 6.07) is 4.35. The number of amides is 4. The second-order valence-electron chi connectivity index (χ2n) is 11.6. The zero-order valence-corrected chi connectivity index (χ0v) is 28.1. The van der Waals surface area contributed by atoms with Crippen LogP contribution in [0.15, 0.2) is 36.7 Å². The number of nitrogens with two attached hydrogens (primary N) is 1. The Labute approximate surface area is 272 Å². The molecular formula is C32H52N8O6. The standard InChI is InChI=1S/C32H52N8O6/c1-8-38(9-2)31(44)26(35-7)18-23-10-12-25(13-11-23)46-17-15-40(33)24-19-27(30(43)36-14-16-41)39(20-24)32(45)28(21(3)4)37-29(42)22(5)34-6/h10-13,15-17,21-22,24,26-28,34-35H,8-9,14,18-20,33H2,1-7H3,(H,36,43)(H,37,42)/b17-15+. The lowest BCUT2D eigenvalue weighted by Gasteiger charge is -2.31. The van der Waals surface area contributed by atoms with Crippen LogP contribution in [-0.2, 0) is 30.4 Å². The number of carbonyl (C=O) groups is 5. The maximum Gasteiger partial charge on any atom is 0.246 e. The van der Waals surface area contributed by atoms with Crippen molar-refractivity contribution in [3.63, 3.8) is 0 Å². The second-order valence-corrected chi connectivity index (χ2v) is 11.6. The van der Waals surface area contributed by atoms with Gasteiger partial charge in [0, 0.05) is 26.1 Å². The highest BCUT2D eigenvalue weighted by molar-refractivity contribution is 5.94. The number of hydrogen-bond acceptors (Lipinski definition) is 10. The van der Waals surface area contributed by atoms with Crippen LogP contribution in [0.2, 0.25) is 0 Å². The molecule has 6 N–H and O–H groups in total. The van der Waals surface area contributed by atoms with Crippen LogP contribution in [0.3, 0.4) is 0 Å². The van der Waals surface area contributed by atoms with Gasteiger partial charge in [-0.2, -0.15) is 0 Å². The number of likely N-dealkylation sites (tertiary alicyclic amines) is 1. The molecule has 46 heavy (non-hydrogen) atoms. The first-order valence-electron chi connectivity index (χ1n) is 15.8. The van der Waals surface area contributed by atoms with Gasteiger partial charge >= 0.3 is 0 Å². The Kier molecular flexibility index (Phi) is 15.6. The van der Waals surface area contributed by atoms with Gasteiger partial charge in [0.05, 0.1) is 30.9 Å². The molecule has 0 aromatic heterocycles. The Morgan fingerprint density at radius 2 is 1.72 bits per heavy atom. The first-order chi connectivity index (χ1) is 21.9. The van der Waals surface area contributed by atoms with Crippen molar-refractivity contribution in [3.8, 4) is 5.75 Å². The summed E-state index contributed by atoms with van der Waals surface area (Å²) in [5, 5.41) is 12.7. The summed E-state index contributed by atoms with van der Waals surface area (Å²) in [6.07, 6.45) is 4.24. The Bertz CT molecular complexity index is 1190. The van der Waals surface area contributed by atoms with Gasteiger partial charge in [0.1, 0.15) is 30.4 Å². The van der Waals surface area contributed by atoms with Crippen molar-refractivity contribution in [3.05, 3.63) is 42.3 Å². The largest absolute Gasteiger partial charge is 0.463 e. The zero-order chi connectivity index (χ0) is 34.4. The topological polar surface area (TPSA) is 178 Å². The Hall–Kier alpha value is -4.01. The van der Waals surface area contributed by atoms with E-state index in [1.54, 1.807) is 38.1 Å². The van der Waals surface area contributed by atoms with Crippen molar-refractivity contribution >= 4 is 29.9 Å². The fourth-order valence-corrected chi connectivity index (χ4v) is 5.19. The van der Waals surface area contributed by atoms with Gasteiger partial charge in [0.2, 0.25) is 23.6 Å². The number of hydrazine groups is 1. The summed E-state index contributed by atoms with van der Waals surface area (Å²) in [6.45, 7) is 10.5. The number of nitrogens with zero attached hydrogens (tertiary/aromatic N) is 3. The van der Waals surface area contributed by atoms with Crippen molar-refractivity contribution < 1.29 is 28.7 Å². The van der Waals surface area contributed by atoms with E-state index in [2.05, 4.69) is 21.3 Å². The molecule has 1 aliphatic heterocycles. The van der Waals surface area contributed by atoms with Crippen LogP contribution in [0, 0.1) is 5.92 Å². The lowest BCUT2D eigenvalue weighted by molar-refractivity contribution is -0.142. The lowest BCUT2D eigenvalue weighted by atomic mass is 10.0. The Morgan fingerprint density at radius 3 is 2.26 bits per heavy atom. The average Bonchev–Trinajstić information content (AvgIpc) is 3.51. The number of rotatable bonds is 18. The summed E-state index contributed by atoms with van der Waals surface area (Å²) in [5.74, 6) is 5.47. The molecule has 1 aromatic rings. The fraction of sp³-hybridized carbons (Fsp3) is 0.594. The normalized spacial score (nSPS) is 18.2. The minimum absolute atomic E-state index is 0.0577. The third-order valence-corrected chi connectivity index (χ3v) is 8.22. The van der Waals surface area contributed by atoms with E-state index in [0.29, 0.717) is 31.5 Å². The van der Waals surface area contributed by atoms with E-state index in [9.17, 15) is 24.0 Å². The molecule has 14 heteroatoms. The van der Waals surface area contributed by atoms with Crippen LogP contribution < -0.4 is 31.8 Å². The summed E-state index contributed by atoms with van der Waals surface area (Å²) >= 11 is 0. The summed E-state index contributed by atoms with van der Waals surface area (Å²) in [4.78, 5) is 66.2. The predicted molar refractivity (Wildman–Crippen MR) is 175 cm³/mol. The van der Waals surface area contributed by atoms with Crippen LogP contribution in [0.5, 0.6) is 5.75 Å². The number of aldehydes is 1. The van der Waals surface area contributed by atoms with Crippen molar-refractivity contribution in [2.45, 2.75) is 77.7 Å². The zero-order valence-electron chi connectivity index (χ0n) is 28.1. The molecule has 1 fully saturated rings. The number of ether oxygens (including phenoxy) is 1. The van der Waals surface area contributed by atoms with Gasteiger partial charge in [-0.1, -0.05) is 26.0 Å². The van der Waals surface area contributed by atoms with E-state index in [1.165, 1.54) is 22.4 Å². The maximum absolute atomic E-state index is 13.7. The van der Waals surface area contributed by atoms with Crippen LogP contribution in [0.25, 0.3) is 0 Å². The highest BCUT2D eigenvalue weighted by atomic mass is 16.5. The second kappa shape index (κ2) is 18.8. The lowest BCUT2D eigenvalue weighted by Crippen LogP contribution is -2.57. The summed E-state index contributed by atoms with van der Waals surface area (Å²) in [5.41, 5.74) is 0.975. The van der Waals surface area contributed by atoms with Crippen LogP contribution >= 0.6 is 0 Å². The monoisotopic (exact) mass is 644 g/mol. The van der Waals surface area contributed by atoms with Crippen LogP contribution in [0.4, 0.5) is 0 Å². The first kappa shape index (κ1) is 38.2. The number of likely N-dealkylation sites (N-methyl/N-ethyl adjacent to an activating group) is 3. The van der Waals surface area contributed by atoms with E-state index < -0.39 is 36.0 Å². The molecule has 2 rings (SSSR count). The molecular weight excluding hydrogens is 592 g/mol. The smallest absolute Gasteiger partial charge is 0.246 e. The van der Waals surface area contributed by atoms with Gasteiger partial charge in [-0.25, -0.2) is 5.84 Å². The number of hydrogen-bond donors (Lipinski definition) is 5. The van der Waals surface area contributed by atoms with Crippen molar-refractivity contribution in [2.75, 3.05) is 40.3 Å². The van der Waals surface area contributed by atoms with Crippen LogP contribution in [0.1, 0.15) is 46.6 Å². The van der Waals surface area contributed by atoms with Gasteiger partial charge in [-0.05, 0) is 64.9 Å². The minimum atomic E-state index is -0.889. The number of nitrogens with one attached hydrogen (secondary N) is 4. The molecule has 5 atom stereocenters. The average molecular weight is 645 g/mol. The molecule has 0 saturated carbocycles. The van der Waals surface area contributed by atoms with Crippen molar-refractivity contribution in [1.82, 2.24) is 36.1 Å². The van der Waals surface area contributed by atoms with Gasteiger partial charge in [0.15, 0.2) is 0 Å². The third-order valence-electron chi connectivity index (χ3n) is 8.22. The SMILES string of the molecule is CCN(CC)C(=O)C(Cc1ccc(O/C=C/N(N)C2CC(C(=O)NCC=O)N(C(=O)C(NC(=O)C(C)NC)C(C)C)C2)cc1)NC. The molecule has 0 bridgehead atoms. The molecule has 14 nitrogen and oxygen atoms in total. The summed E-state index contributed by atoms with van der Waals surface area (Å²) in [7, 11) is 3.42. The molecule has 0 aliphatic carbocycles. The van der Waals surface area contributed by atoms with Crippen molar-refractivity contribution in [1.29, 1.82) is 0 Å². The minimum Gasteiger partial charge on any atom is -0.463 e. The van der Waals surface area contributed by atoms with Gasteiger partial charge < -0.3 is 45.6 Å². The van der Waals surface area contributed by atoms with Crippen molar-refractivity contribution in [2.24, 2.45) is 11.8 Å². The molecule has 256 valence electrons. The third kappa shape index (κ3) is 10.5. The van der Waals surface area contributed by atoms with Gasteiger partial charge in [-0.15, -0.1) is 0 Å². The summed E-state index contributed by atoms with van der Waals surface area (Å²) < 4.78 is 5.75. The van der Waals surface area contributed by atoms with E-state index in [0.717, 1.165) is 5.56 Å². The molecule has 1 heterocycles. The van der Waals surface area contributed by atoms with Gasteiger partial charge in [0.25, 0.3) is 0 Å². The van der Waals surface area contributed by atoms with E-state index >= 15 is 0 Å². The Morgan fingerprint density at radius 1 is 1.07 bits per heavy atom. The molecule has 0 spiro atoms. The van der Waals surface area contributed by atoms with Crippen LogP contribution in [-0.4, -0.2) is 115 Å². The highest BCUT2D eigenvalue weighted by Crippen LogP contribution is 2.24. The molecule has 0 radical (unpaired) electrons. The Balaban J connectivity index is 2.11. The molecule has 4 amide bonds. The quantitative estimate of drug-likeness (QED) is 0.0619. The molecule has 1 saturated heterocycles. The number of benzene rings is 1. The highest BCUT2D eigenvalue weighted by Gasteiger charge is 2.44. The van der Waals surface area contributed by atoms with E-state index in [1.807, 2.05) is 39.8 Å². The first-order valence-corrected chi connectivity index (χ1v) is 15.8. The molecule has 5 unspecified atom stereocenters. The number of carbonyl (C=O) groups excluding carboxylic acids is 5. The van der Waals surface area contributed by atoms with E-state index in [4.69, 9.17) is 10.6 Å². The molecule has 1 aliphatic rings. The fourth-order valence-electron chi connectivity index (χ4n) is 5.19.